The molecule has 9 rings (SSSR count). The number of hydrogen-bond donors (Lipinski definition) is 1. The Bertz CT molecular complexity index is 2120. The summed E-state index contributed by atoms with van der Waals surface area (Å²) >= 11 is 1.55. The molecule has 3 aliphatic heterocycles. The van der Waals surface area contributed by atoms with Crippen LogP contribution in [0.2, 0.25) is 0 Å². The van der Waals surface area contributed by atoms with Crippen LogP contribution in [0.25, 0.3) is 32.0 Å². The molecule has 47 heavy (non-hydrogen) atoms. The first kappa shape index (κ1) is 29.4. The highest BCUT2D eigenvalue weighted by molar-refractivity contribution is 7.89. The number of nitrogens with one attached hydrogen (secondary N) is 1. The molecule has 0 unspecified atom stereocenters. The van der Waals surface area contributed by atoms with Crippen LogP contribution in [0.5, 0.6) is 0 Å². The lowest BCUT2D eigenvalue weighted by molar-refractivity contribution is 0.0639. The van der Waals surface area contributed by atoms with E-state index in [4.69, 9.17) is 19.1 Å². The van der Waals surface area contributed by atoms with Gasteiger partial charge in [-0.05, 0) is 86.4 Å². The summed E-state index contributed by atoms with van der Waals surface area (Å²) in [6.07, 6.45) is 10.7. The predicted octanol–water partition coefficient (Wildman–Crippen LogP) is 6.41. The Labute approximate surface area is 276 Å². The maximum Gasteiger partial charge on any atom is 0.250 e. The highest BCUT2D eigenvalue weighted by atomic mass is 32.2. The summed E-state index contributed by atoms with van der Waals surface area (Å²) in [5.41, 5.74) is 5.05. The number of rotatable bonds is 7. The Morgan fingerprint density at radius 2 is 1.96 bits per heavy atom. The van der Waals surface area contributed by atoms with Crippen molar-refractivity contribution >= 4 is 37.3 Å². The number of aryl methyl sites for hydroxylation is 3. The Morgan fingerprint density at radius 3 is 2.81 bits per heavy atom. The minimum Gasteiger partial charge on any atom is -0.421 e. The Balaban J connectivity index is 1.23. The molecule has 0 saturated carbocycles. The second kappa shape index (κ2) is 11.4. The first-order valence-corrected chi connectivity index (χ1v) is 18.8. The summed E-state index contributed by atoms with van der Waals surface area (Å²) in [5, 5.41) is 13.3. The molecule has 0 radical (unpaired) electrons. The van der Waals surface area contributed by atoms with E-state index in [0.29, 0.717) is 47.5 Å². The minimum atomic E-state index is -3.80. The summed E-state index contributed by atoms with van der Waals surface area (Å²) in [6, 6.07) is 8.03. The third-order valence-corrected chi connectivity index (χ3v) is 13.3. The molecule has 2 fully saturated rings. The van der Waals surface area contributed by atoms with Gasteiger partial charge in [0.2, 0.25) is 21.8 Å². The molecular formula is C34H35N7O4S2. The monoisotopic (exact) mass is 669 g/mol. The lowest BCUT2D eigenvalue weighted by atomic mass is 9.91. The summed E-state index contributed by atoms with van der Waals surface area (Å²) in [5.74, 6) is 2.03. The van der Waals surface area contributed by atoms with Gasteiger partial charge in [0.25, 0.3) is 0 Å². The lowest BCUT2D eigenvalue weighted by Gasteiger charge is -2.22. The van der Waals surface area contributed by atoms with Crippen molar-refractivity contribution in [3.63, 3.8) is 0 Å². The molecule has 242 valence electrons. The molecule has 11 nitrogen and oxygen atoms in total. The van der Waals surface area contributed by atoms with E-state index in [9.17, 15) is 8.42 Å². The number of hydrogen-bond acceptors (Lipinski definition) is 11. The van der Waals surface area contributed by atoms with Crippen LogP contribution >= 0.6 is 11.3 Å². The largest absolute Gasteiger partial charge is 0.421 e. The number of anilines is 1. The summed E-state index contributed by atoms with van der Waals surface area (Å²) < 4.78 is 43.1. The Kier molecular flexibility index (Phi) is 7.14. The molecule has 13 heteroatoms. The van der Waals surface area contributed by atoms with Crippen molar-refractivity contribution in [1.82, 2.24) is 29.5 Å². The van der Waals surface area contributed by atoms with E-state index in [1.54, 1.807) is 22.6 Å². The van der Waals surface area contributed by atoms with Gasteiger partial charge in [0.05, 0.1) is 33.7 Å². The minimum absolute atomic E-state index is 0.105. The number of fused-ring (bicyclic) bond motifs is 5. The second-order valence-corrected chi connectivity index (χ2v) is 15.9. The maximum atomic E-state index is 14.4. The molecule has 5 aromatic heterocycles. The average Bonchev–Trinajstić information content (AvgIpc) is 3.92. The Hall–Kier alpha value is -3.78. The van der Waals surface area contributed by atoms with Gasteiger partial charge in [-0.1, -0.05) is 6.07 Å². The number of nitrogens with zero attached hydrogens (tertiary/aromatic N) is 6. The zero-order valence-electron chi connectivity index (χ0n) is 26.1. The molecule has 0 bridgehead atoms. The van der Waals surface area contributed by atoms with E-state index in [1.807, 2.05) is 24.5 Å². The van der Waals surface area contributed by atoms with Crippen molar-refractivity contribution in [3.8, 4) is 21.9 Å². The first-order valence-electron chi connectivity index (χ1n) is 16.5. The van der Waals surface area contributed by atoms with E-state index < -0.39 is 10.0 Å². The molecule has 0 spiro atoms. The predicted molar refractivity (Wildman–Crippen MR) is 178 cm³/mol. The standard InChI is InChI=1S/C34H35N7O4S2/c1-19-39-40-34(45-19)28-25(7-6-20-11-16-44-17-12-20)37-30-26-5-3-15-41(26)47(42,43)32(30)29(28)27-18-21-10-14-36-33(31(21)46-27)38-24-9-8-23-22(24)4-2-13-35-23/h2,4,10,13-14,18,20,24,26H,3,5-9,11-12,15-17H2,1H3,(H,36,38)/t24-,26-/m0/s1. The molecule has 0 amide bonds. The number of aromatic nitrogens is 5. The zero-order valence-corrected chi connectivity index (χ0v) is 27.7. The van der Waals surface area contributed by atoms with Gasteiger partial charge in [-0.25, -0.2) is 13.4 Å². The van der Waals surface area contributed by atoms with Gasteiger partial charge < -0.3 is 14.5 Å². The van der Waals surface area contributed by atoms with Gasteiger partial charge in [-0.3, -0.25) is 9.97 Å². The lowest BCUT2D eigenvalue weighted by Crippen LogP contribution is -2.23. The van der Waals surface area contributed by atoms with Crippen LogP contribution in [-0.4, -0.2) is 57.6 Å². The number of ether oxygens (including phenoxy) is 1. The smallest absolute Gasteiger partial charge is 0.250 e. The van der Waals surface area contributed by atoms with Crippen LogP contribution in [0.1, 0.15) is 79.1 Å². The van der Waals surface area contributed by atoms with Gasteiger partial charge in [0, 0.05) is 55.2 Å². The quantitative estimate of drug-likeness (QED) is 0.207. The molecule has 4 aliphatic rings. The van der Waals surface area contributed by atoms with Crippen LogP contribution in [0.4, 0.5) is 5.82 Å². The van der Waals surface area contributed by atoms with Crippen LogP contribution in [0.3, 0.4) is 0 Å². The van der Waals surface area contributed by atoms with Crippen LogP contribution in [-0.2, 0) is 27.6 Å². The maximum absolute atomic E-state index is 14.4. The van der Waals surface area contributed by atoms with Gasteiger partial charge in [0.15, 0.2) is 0 Å². The second-order valence-electron chi connectivity index (χ2n) is 13.0. The molecule has 5 aromatic rings. The van der Waals surface area contributed by atoms with Gasteiger partial charge >= 0.3 is 0 Å². The third-order valence-electron chi connectivity index (χ3n) is 10.2. The van der Waals surface area contributed by atoms with Crippen molar-refractivity contribution in [2.24, 2.45) is 5.92 Å². The van der Waals surface area contributed by atoms with Crippen molar-refractivity contribution in [3.05, 3.63) is 65.2 Å². The summed E-state index contributed by atoms with van der Waals surface area (Å²) in [4.78, 5) is 15.7. The van der Waals surface area contributed by atoms with E-state index in [-0.39, 0.29) is 17.0 Å². The topological polar surface area (TPSA) is 136 Å². The fraction of sp³-hybridized carbons (Fsp3) is 0.441. The molecule has 2 atom stereocenters. The molecular weight excluding hydrogens is 635 g/mol. The number of pyridine rings is 3. The van der Waals surface area contributed by atoms with Gasteiger partial charge in [-0.15, -0.1) is 21.5 Å². The third kappa shape index (κ3) is 4.89. The van der Waals surface area contributed by atoms with Crippen molar-refractivity contribution in [2.75, 3.05) is 25.1 Å². The fourth-order valence-electron chi connectivity index (χ4n) is 7.88. The van der Waals surface area contributed by atoms with Crippen molar-refractivity contribution in [2.45, 2.75) is 75.3 Å². The van der Waals surface area contributed by atoms with Crippen molar-refractivity contribution < 1.29 is 17.6 Å². The number of sulfonamides is 1. The van der Waals surface area contributed by atoms with Crippen LogP contribution < -0.4 is 5.32 Å². The fourth-order valence-corrected chi connectivity index (χ4v) is 11.2. The van der Waals surface area contributed by atoms with E-state index in [1.165, 1.54) is 5.56 Å². The Morgan fingerprint density at radius 1 is 1.06 bits per heavy atom. The SMILES string of the molecule is Cc1nnc(-c2c(CCC3CCOCC3)nc3c(c2-c2cc4ccnc(N[C@H]5CCc6ncccc65)c4s2)S(=O)(=O)N2CCC[C@@H]32)o1. The molecule has 8 heterocycles. The number of thiophene rings is 1. The van der Waals surface area contributed by atoms with Gasteiger partial charge in [-0.2, -0.15) is 4.31 Å². The molecule has 2 saturated heterocycles. The highest BCUT2D eigenvalue weighted by Gasteiger charge is 2.49. The molecule has 1 aliphatic carbocycles. The summed E-state index contributed by atoms with van der Waals surface area (Å²) in [7, 11) is -3.80. The average molecular weight is 670 g/mol. The summed E-state index contributed by atoms with van der Waals surface area (Å²) in [6.45, 7) is 3.80. The molecule has 0 aromatic carbocycles. The van der Waals surface area contributed by atoms with E-state index >= 15 is 0 Å². The van der Waals surface area contributed by atoms with Crippen LogP contribution in [0.15, 0.2) is 46.0 Å². The van der Waals surface area contributed by atoms with Crippen molar-refractivity contribution in [1.29, 1.82) is 0 Å². The van der Waals surface area contributed by atoms with E-state index in [2.05, 4.69) is 32.6 Å². The highest BCUT2D eigenvalue weighted by Crippen LogP contribution is 2.53. The first-order chi connectivity index (χ1) is 23.0. The van der Waals surface area contributed by atoms with Gasteiger partial charge in [0.1, 0.15) is 10.7 Å². The molecule has 1 N–H and O–H groups in total. The normalized spacial score (nSPS) is 22.1. The zero-order chi connectivity index (χ0) is 31.7. The van der Waals surface area contributed by atoms with E-state index in [0.717, 1.165) is 90.3 Å². The van der Waals surface area contributed by atoms with Crippen LogP contribution in [0, 0.1) is 12.8 Å².